The van der Waals surface area contributed by atoms with E-state index in [0.29, 0.717) is 44.7 Å². The van der Waals surface area contributed by atoms with Gasteiger partial charge < -0.3 is 19.3 Å². The van der Waals surface area contributed by atoms with Crippen molar-refractivity contribution < 1.29 is 31.9 Å². The van der Waals surface area contributed by atoms with Gasteiger partial charge in [-0.15, -0.1) is 0 Å². The summed E-state index contributed by atoms with van der Waals surface area (Å²) in [5.74, 6) is 2.92. The number of aliphatic hydroxyl groups excluding tert-OH is 1. The van der Waals surface area contributed by atoms with Crippen LogP contribution in [0.4, 0.5) is 0 Å². The van der Waals surface area contributed by atoms with Gasteiger partial charge in [0.2, 0.25) is 11.8 Å². The van der Waals surface area contributed by atoms with Crippen LogP contribution in [-0.4, -0.2) is 83.3 Å². The highest BCUT2D eigenvalue weighted by atomic mass is 32.2. The van der Waals surface area contributed by atoms with Crippen LogP contribution in [0.2, 0.25) is 0 Å². The normalized spacial score (nSPS) is 15.8. The molecule has 0 saturated carbocycles. The third-order valence-corrected chi connectivity index (χ3v) is 16.2. The van der Waals surface area contributed by atoms with Crippen LogP contribution in [0.15, 0.2) is 70.6 Å². The summed E-state index contributed by atoms with van der Waals surface area (Å²) in [4.78, 5) is 9.11. The molecular formula is C68H120N2O7S. The van der Waals surface area contributed by atoms with Crippen molar-refractivity contribution in [2.75, 3.05) is 45.9 Å². The van der Waals surface area contributed by atoms with E-state index in [1.165, 1.54) is 238 Å². The van der Waals surface area contributed by atoms with E-state index in [0.717, 1.165) is 42.2 Å². The molecule has 0 aromatic heterocycles. The SMILES string of the molecule is CCCCCCCCCCCCC[C@@H](CCCCCCC)CCOC[C@@H]1COC(c2ccccc2)=N1.CCCCCCCCCCCCC[C@@H](CCCCCCC)CCOS(C)(=O)=O.OCC[C@@H]1COC(c2ccccc2)=N1. The molecule has 1 N–H and O–H groups in total. The lowest BCUT2D eigenvalue weighted by atomic mass is 9.91. The number of ether oxygens (including phenoxy) is 3. The first-order chi connectivity index (χ1) is 38.2. The Kier molecular flexibility index (Phi) is 46.7. The van der Waals surface area contributed by atoms with Gasteiger partial charge in [0.1, 0.15) is 19.3 Å². The Balaban J connectivity index is 0.000000436. The molecule has 2 aliphatic heterocycles. The van der Waals surface area contributed by atoms with Gasteiger partial charge in [0.05, 0.1) is 25.5 Å². The summed E-state index contributed by atoms with van der Waals surface area (Å²) in [6, 6.07) is 20.3. The summed E-state index contributed by atoms with van der Waals surface area (Å²) in [5, 5.41) is 8.76. The van der Waals surface area contributed by atoms with Gasteiger partial charge in [0.25, 0.3) is 10.1 Å². The van der Waals surface area contributed by atoms with Gasteiger partial charge in [-0.25, -0.2) is 9.98 Å². The molecule has 0 spiro atoms. The smallest absolute Gasteiger partial charge is 0.264 e. The molecule has 0 radical (unpaired) electrons. The lowest BCUT2D eigenvalue weighted by Crippen LogP contribution is -2.16. The number of benzene rings is 2. The minimum atomic E-state index is -3.30. The van der Waals surface area contributed by atoms with Gasteiger partial charge in [-0.05, 0) is 55.4 Å². The zero-order valence-electron chi connectivity index (χ0n) is 51.1. The Bertz CT molecular complexity index is 1780. The molecule has 2 aromatic rings. The largest absolute Gasteiger partial charge is 0.475 e. The second-order valence-electron chi connectivity index (χ2n) is 23.0. The maximum atomic E-state index is 11.2. The summed E-state index contributed by atoms with van der Waals surface area (Å²) in [6.45, 7) is 12.4. The number of unbranched alkanes of at least 4 members (excludes halogenated alkanes) is 28. The van der Waals surface area contributed by atoms with E-state index in [9.17, 15) is 8.42 Å². The van der Waals surface area contributed by atoms with Crippen LogP contribution in [0.5, 0.6) is 0 Å². The summed E-state index contributed by atoms with van der Waals surface area (Å²) >= 11 is 0. The van der Waals surface area contributed by atoms with Gasteiger partial charge in [0, 0.05) is 24.3 Å². The molecule has 9 nitrogen and oxygen atoms in total. The molecule has 0 fully saturated rings. The van der Waals surface area contributed by atoms with Crippen molar-refractivity contribution >= 4 is 21.9 Å². The molecular weight excluding hydrogens is 989 g/mol. The van der Waals surface area contributed by atoms with Crippen molar-refractivity contribution in [2.45, 2.75) is 290 Å². The van der Waals surface area contributed by atoms with Crippen LogP contribution in [0.25, 0.3) is 0 Å². The Morgan fingerprint density at radius 2 is 0.782 bits per heavy atom. The van der Waals surface area contributed by atoms with Crippen molar-refractivity contribution in [3.05, 3.63) is 71.8 Å². The standard InChI is InChI=1S/C33H57NO2.C24H50O3S.C11H13NO2/c1-3-5-7-9-10-11-12-13-14-16-19-23-30(22-18-15-8-6-4-2)26-27-35-28-32-29-36-33(34-32)31-24-20-17-21-25-31;1-4-6-8-10-11-12-13-14-15-17-19-21-24(20-18-16-9-7-5-2)22-23-27-28(3,25)26;13-7-6-10-8-14-11(12-10)9-4-2-1-3-5-9/h17,20-21,24-25,30,32H,3-16,18-19,22-23,26-29H2,1-2H3;24H,4-23H2,1-3H3;1-5,10,13H,6-8H2/t30-,32-;24-;10-/m111/s1. The molecule has 2 heterocycles. The number of aliphatic imine (C=N–C) groups is 2. The van der Waals surface area contributed by atoms with Crippen molar-refractivity contribution in [1.29, 1.82) is 0 Å². The van der Waals surface area contributed by atoms with Crippen molar-refractivity contribution in [3.8, 4) is 0 Å². The van der Waals surface area contributed by atoms with Crippen LogP contribution in [-0.2, 0) is 28.5 Å². The third-order valence-electron chi connectivity index (χ3n) is 15.6. The van der Waals surface area contributed by atoms with Gasteiger partial charge >= 0.3 is 0 Å². The molecule has 10 heteroatoms. The number of nitrogens with zero attached hydrogens (tertiary/aromatic N) is 2. The Morgan fingerprint density at radius 1 is 0.462 bits per heavy atom. The maximum Gasteiger partial charge on any atom is 0.264 e. The van der Waals surface area contributed by atoms with Gasteiger partial charge in [-0.2, -0.15) is 8.42 Å². The van der Waals surface area contributed by atoms with Gasteiger partial charge in [0.15, 0.2) is 0 Å². The average Bonchev–Trinajstić information content (AvgIpc) is 4.14. The van der Waals surface area contributed by atoms with Gasteiger partial charge in [-0.1, -0.05) is 295 Å². The molecule has 0 unspecified atom stereocenters. The molecule has 0 amide bonds. The fraction of sp³-hybridized carbons (Fsp3) is 0.794. The number of rotatable bonds is 49. The summed E-state index contributed by atoms with van der Waals surface area (Å²) < 4.78 is 44.7. The van der Waals surface area contributed by atoms with E-state index < -0.39 is 10.1 Å². The topological polar surface area (TPSA) is 116 Å². The molecule has 2 aliphatic rings. The fourth-order valence-electron chi connectivity index (χ4n) is 10.7. The van der Waals surface area contributed by atoms with Crippen LogP contribution in [0.1, 0.15) is 289 Å². The predicted octanol–water partition coefficient (Wildman–Crippen LogP) is 19.2. The Labute approximate surface area is 481 Å². The molecule has 0 saturated heterocycles. The number of hydrogen-bond donors (Lipinski definition) is 1. The highest BCUT2D eigenvalue weighted by Gasteiger charge is 2.21. The fourth-order valence-corrected chi connectivity index (χ4v) is 11.1. The second kappa shape index (κ2) is 51.1. The van der Waals surface area contributed by atoms with Crippen molar-refractivity contribution in [2.24, 2.45) is 21.8 Å². The first-order valence-electron chi connectivity index (χ1n) is 32.8. The van der Waals surface area contributed by atoms with E-state index >= 15 is 0 Å². The lowest BCUT2D eigenvalue weighted by molar-refractivity contribution is 0.0983. The predicted molar refractivity (Wildman–Crippen MR) is 334 cm³/mol. The molecule has 4 rings (SSSR count). The van der Waals surface area contributed by atoms with Crippen LogP contribution >= 0.6 is 0 Å². The molecule has 4 atom stereocenters. The number of aliphatic hydroxyl groups is 1. The minimum Gasteiger partial charge on any atom is -0.475 e. The van der Waals surface area contributed by atoms with E-state index in [2.05, 4.69) is 44.8 Å². The third kappa shape index (κ3) is 41.2. The minimum absolute atomic E-state index is 0.121. The van der Waals surface area contributed by atoms with Crippen molar-refractivity contribution in [3.63, 3.8) is 0 Å². The highest BCUT2D eigenvalue weighted by Crippen LogP contribution is 2.25. The molecule has 78 heavy (non-hydrogen) atoms. The summed E-state index contributed by atoms with van der Waals surface area (Å²) in [6.07, 6.45) is 53.4. The van der Waals surface area contributed by atoms with E-state index in [4.69, 9.17) is 28.5 Å². The maximum absolute atomic E-state index is 11.2. The quantitative estimate of drug-likeness (QED) is 0.0518. The van der Waals surface area contributed by atoms with Gasteiger partial charge in [-0.3, -0.25) is 4.18 Å². The van der Waals surface area contributed by atoms with Crippen LogP contribution in [0.3, 0.4) is 0 Å². The van der Waals surface area contributed by atoms with E-state index in [1.807, 2.05) is 48.5 Å². The Hall–Kier alpha value is -2.79. The van der Waals surface area contributed by atoms with E-state index in [-0.39, 0.29) is 18.7 Å². The number of hydrogen-bond acceptors (Lipinski definition) is 9. The zero-order chi connectivity index (χ0) is 56.3. The first-order valence-corrected chi connectivity index (χ1v) is 34.6. The Morgan fingerprint density at radius 3 is 1.13 bits per heavy atom. The molecule has 0 aliphatic carbocycles. The second-order valence-corrected chi connectivity index (χ2v) is 24.7. The molecule has 2 aromatic carbocycles. The summed E-state index contributed by atoms with van der Waals surface area (Å²) in [7, 11) is -3.30. The molecule has 0 bridgehead atoms. The van der Waals surface area contributed by atoms with Crippen LogP contribution in [0, 0.1) is 11.8 Å². The van der Waals surface area contributed by atoms with E-state index in [1.54, 1.807) is 0 Å². The molecule has 450 valence electrons. The van der Waals surface area contributed by atoms with Crippen molar-refractivity contribution in [1.82, 2.24) is 0 Å². The zero-order valence-corrected chi connectivity index (χ0v) is 51.9. The highest BCUT2D eigenvalue weighted by molar-refractivity contribution is 7.85. The first kappa shape index (κ1) is 71.3. The monoisotopic (exact) mass is 1110 g/mol. The van der Waals surface area contributed by atoms with Crippen LogP contribution < -0.4 is 0 Å². The lowest BCUT2D eigenvalue weighted by Gasteiger charge is -2.17. The summed E-state index contributed by atoms with van der Waals surface area (Å²) in [5.41, 5.74) is 2.07. The average molecular weight is 1110 g/mol.